The molecule has 118 valence electrons. The molecule has 1 heterocycles. The molecule has 0 radical (unpaired) electrons. The van der Waals surface area contributed by atoms with Crippen LogP contribution < -0.4 is 0 Å². The lowest BCUT2D eigenvalue weighted by molar-refractivity contribution is -0.144. The predicted octanol–water partition coefficient (Wildman–Crippen LogP) is 2.90. The van der Waals surface area contributed by atoms with Crippen LogP contribution in [-0.2, 0) is 16.1 Å². The van der Waals surface area contributed by atoms with Crippen molar-refractivity contribution in [1.29, 1.82) is 0 Å². The largest absolute Gasteiger partial charge is 0.481 e. The van der Waals surface area contributed by atoms with Crippen molar-refractivity contribution in [3.8, 4) is 0 Å². The molecule has 5 nitrogen and oxygen atoms in total. The number of amides is 1. The van der Waals surface area contributed by atoms with Crippen LogP contribution >= 0.6 is 0 Å². The number of carbonyl (C=O) groups excluding carboxylic acids is 1. The summed E-state index contributed by atoms with van der Waals surface area (Å²) >= 11 is 0. The van der Waals surface area contributed by atoms with Crippen LogP contribution in [0.15, 0.2) is 30.3 Å². The van der Waals surface area contributed by atoms with Crippen molar-refractivity contribution in [1.82, 2.24) is 4.90 Å². The van der Waals surface area contributed by atoms with E-state index in [1.807, 2.05) is 30.3 Å². The van der Waals surface area contributed by atoms with Crippen LogP contribution in [0, 0.1) is 11.3 Å². The van der Waals surface area contributed by atoms with E-state index < -0.39 is 11.4 Å². The van der Waals surface area contributed by atoms with Crippen molar-refractivity contribution in [2.24, 2.45) is 11.3 Å². The summed E-state index contributed by atoms with van der Waals surface area (Å²) in [6.45, 7) is 1.45. The molecule has 1 amide bonds. The number of ether oxygens (including phenoxy) is 1. The van der Waals surface area contributed by atoms with Crippen LogP contribution in [0.2, 0.25) is 0 Å². The summed E-state index contributed by atoms with van der Waals surface area (Å²) in [6.07, 6.45) is 2.60. The second-order valence-electron chi connectivity index (χ2n) is 6.28. The number of rotatable bonds is 3. The minimum absolute atomic E-state index is 0.217. The molecule has 5 heteroatoms. The molecule has 2 atom stereocenters. The van der Waals surface area contributed by atoms with Gasteiger partial charge in [-0.15, -0.1) is 0 Å². The zero-order valence-corrected chi connectivity index (χ0v) is 12.5. The van der Waals surface area contributed by atoms with E-state index in [1.54, 1.807) is 4.90 Å². The molecule has 1 aromatic carbocycles. The Balaban J connectivity index is 1.51. The van der Waals surface area contributed by atoms with Gasteiger partial charge in [0.15, 0.2) is 0 Å². The van der Waals surface area contributed by atoms with Gasteiger partial charge in [0.25, 0.3) is 0 Å². The fourth-order valence-electron chi connectivity index (χ4n) is 3.44. The number of hydrogen-bond donors (Lipinski definition) is 1. The van der Waals surface area contributed by atoms with Crippen molar-refractivity contribution in [2.75, 3.05) is 13.1 Å². The Morgan fingerprint density at radius 3 is 2.77 bits per heavy atom. The SMILES string of the molecule is O=C(OCc1ccccc1)N1CCCC2(C(=O)O)CC2CC1. The maximum Gasteiger partial charge on any atom is 0.410 e. The standard InChI is InChI=1S/C17H21NO4/c19-15(20)17-8-4-9-18(10-7-14(17)11-17)16(21)22-12-13-5-2-1-3-6-13/h1-3,5-6,14H,4,7-12H2,(H,19,20). The zero-order chi connectivity index (χ0) is 15.6. The number of carboxylic acids is 1. The quantitative estimate of drug-likeness (QED) is 0.932. The summed E-state index contributed by atoms with van der Waals surface area (Å²) in [5.74, 6) is -0.452. The van der Waals surface area contributed by atoms with Crippen LogP contribution in [0.1, 0.15) is 31.2 Å². The first-order valence-electron chi connectivity index (χ1n) is 7.81. The van der Waals surface area contributed by atoms with E-state index in [0.717, 1.165) is 24.8 Å². The third-order valence-corrected chi connectivity index (χ3v) is 4.92. The normalized spacial score (nSPS) is 27.3. The van der Waals surface area contributed by atoms with Gasteiger partial charge in [-0.05, 0) is 37.2 Å². The van der Waals surface area contributed by atoms with Gasteiger partial charge in [0, 0.05) is 13.1 Å². The molecule has 1 saturated heterocycles. The maximum absolute atomic E-state index is 12.2. The van der Waals surface area contributed by atoms with Gasteiger partial charge in [0.2, 0.25) is 0 Å². The number of nitrogens with zero attached hydrogens (tertiary/aromatic N) is 1. The van der Waals surface area contributed by atoms with E-state index in [1.165, 1.54) is 0 Å². The molecule has 0 aromatic heterocycles. The lowest BCUT2D eigenvalue weighted by Gasteiger charge is -2.25. The fraction of sp³-hybridized carbons (Fsp3) is 0.529. The average molecular weight is 303 g/mol. The number of benzene rings is 1. The zero-order valence-electron chi connectivity index (χ0n) is 12.5. The molecule has 1 aromatic rings. The van der Waals surface area contributed by atoms with Crippen LogP contribution in [0.3, 0.4) is 0 Å². The minimum Gasteiger partial charge on any atom is -0.481 e. The summed E-state index contributed by atoms with van der Waals surface area (Å²) in [7, 11) is 0. The molecular formula is C17H21NO4. The third-order valence-electron chi connectivity index (χ3n) is 4.92. The Morgan fingerprint density at radius 2 is 2.05 bits per heavy atom. The van der Waals surface area contributed by atoms with E-state index >= 15 is 0 Å². The van der Waals surface area contributed by atoms with Crippen molar-refractivity contribution in [2.45, 2.75) is 32.3 Å². The van der Waals surface area contributed by atoms with Gasteiger partial charge in [-0.2, -0.15) is 0 Å². The van der Waals surface area contributed by atoms with Crippen molar-refractivity contribution in [3.63, 3.8) is 0 Å². The van der Waals surface area contributed by atoms with E-state index in [2.05, 4.69) is 0 Å². The topological polar surface area (TPSA) is 66.8 Å². The molecule has 3 rings (SSSR count). The number of fused-ring (bicyclic) bond motifs is 1. The Hall–Kier alpha value is -2.04. The summed E-state index contributed by atoms with van der Waals surface area (Å²) in [4.78, 5) is 25.2. The molecule has 2 fully saturated rings. The molecule has 0 bridgehead atoms. The second kappa shape index (κ2) is 5.99. The molecule has 22 heavy (non-hydrogen) atoms. The van der Waals surface area contributed by atoms with Gasteiger partial charge in [-0.3, -0.25) is 4.79 Å². The van der Waals surface area contributed by atoms with Crippen molar-refractivity contribution in [3.05, 3.63) is 35.9 Å². The molecule has 1 aliphatic carbocycles. The molecule has 0 spiro atoms. The van der Waals surface area contributed by atoms with Crippen molar-refractivity contribution < 1.29 is 19.4 Å². The molecule has 1 aliphatic heterocycles. The lowest BCUT2D eigenvalue weighted by Crippen LogP contribution is -2.36. The predicted molar refractivity (Wildman–Crippen MR) is 80.2 cm³/mol. The minimum atomic E-state index is -0.669. The molecule has 1 saturated carbocycles. The Bertz CT molecular complexity index is 559. The van der Waals surface area contributed by atoms with E-state index in [0.29, 0.717) is 19.5 Å². The smallest absolute Gasteiger partial charge is 0.410 e. The number of carboxylic acid groups (broad SMARTS) is 1. The first-order chi connectivity index (χ1) is 10.6. The van der Waals surface area contributed by atoms with Crippen molar-refractivity contribution >= 4 is 12.1 Å². The lowest BCUT2D eigenvalue weighted by atomic mass is 9.94. The van der Waals surface area contributed by atoms with Crippen LogP contribution in [0.25, 0.3) is 0 Å². The number of aliphatic carboxylic acids is 1. The highest BCUT2D eigenvalue weighted by Gasteiger charge is 2.59. The fourth-order valence-corrected chi connectivity index (χ4v) is 3.44. The molecule has 2 aliphatic rings. The van der Waals surface area contributed by atoms with E-state index in [9.17, 15) is 14.7 Å². The Labute approximate surface area is 129 Å². The Kier molecular flexibility index (Phi) is 4.05. The maximum atomic E-state index is 12.2. The molecule has 2 unspecified atom stereocenters. The highest BCUT2D eigenvalue weighted by molar-refractivity contribution is 5.78. The number of likely N-dealkylation sites (tertiary alicyclic amines) is 1. The highest BCUT2D eigenvalue weighted by atomic mass is 16.6. The van der Waals surface area contributed by atoms with Gasteiger partial charge in [-0.25, -0.2) is 4.79 Å². The van der Waals surface area contributed by atoms with Crippen LogP contribution in [-0.4, -0.2) is 35.2 Å². The first-order valence-corrected chi connectivity index (χ1v) is 7.81. The van der Waals surface area contributed by atoms with E-state index in [-0.39, 0.29) is 18.6 Å². The third kappa shape index (κ3) is 2.93. The number of carbonyl (C=O) groups is 2. The van der Waals surface area contributed by atoms with Gasteiger partial charge in [0.1, 0.15) is 6.61 Å². The van der Waals surface area contributed by atoms with Gasteiger partial charge in [-0.1, -0.05) is 30.3 Å². The average Bonchev–Trinajstić information content (AvgIpc) is 3.20. The number of hydrogen-bond acceptors (Lipinski definition) is 3. The first kappa shape index (κ1) is 14.9. The van der Waals surface area contributed by atoms with Gasteiger partial charge >= 0.3 is 12.1 Å². The van der Waals surface area contributed by atoms with E-state index in [4.69, 9.17) is 4.74 Å². The summed E-state index contributed by atoms with van der Waals surface area (Å²) in [6, 6.07) is 9.60. The summed E-state index contributed by atoms with van der Waals surface area (Å²) in [5, 5.41) is 9.34. The monoisotopic (exact) mass is 303 g/mol. The van der Waals surface area contributed by atoms with Gasteiger partial charge < -0.3 is 14.7 Å². The summed E-state index contributed by atoms with van der Waals surface area (Å²) < 4.78 is 5.36. The molecule has 1 N–H and O–H groups in total. The van der Waals surface area contributed by atoms with Gasteiger partial charge in [0.05, 0.1) is 5.41 Å². The molecular weight excluding hydrogens is 282 g/mol. The van der Waals surface area contributed by atoms with Crippen LogP contribution in [0.4, 0.5) is 4.79 Å². The Morgan fingerprint density at radius 1 is 1.27 bits per heavy atom. The van der Waals surface area contributed by atoms with Crippen LogP contribution in [0.5, 0.6) is 0 Å². The summed E-state index contributed by atoms with van der Waals surface area (Å²) in [5.41, 5.74) is 0.468. The highest BCUT2D eigenvalue weighted by Crippen LogP contribution is 2.58. The second-order valence-corrected chi connectivity index (χ2v) is 6.28.